The van der Waals surface area contributed by atoms with E-state index in [9.17, 15) is 9.50 Å². The quantitative estimate of drug-likeness (QED) is 0.736. The molecular weight excluding hydrogens is 233 g/mol. The Hall–Kier alpha value is -1.13. The molecule has 1 rings (SSSR count). The molecular formula is C14H22FNO2. The molecule has 1 aromatic carbocycles. The van der Waals surface area contributed by atoms with Crippen LogP contribution in [0.1, 0.15) is 31.7 Å². The Morgan fingerprint density at radius 3 is 2.72 bits per heavy atom. The number of rotatable bonds is 7. The van der Waals surface area contributed by atoms with E-state index in [4.69, 9.17) is 10.5 Å². The van der Waals surface area contributed by atoms with Crippen LogP contribution in [0.5, 0.6) is 5.75 Å². The van der Waals surface area contributed by atoms with E-state index in [1.165, 1.54) is 12.1 Å². The first-order chi connectivity index (χ1) is 8.44. The second-order valence-corrected chi connectivity index (χ2v) is 4.92. The van der Waals surface area contributed by atoms with Gasteiger partial charge in [0.15, 0.2) is 0 Å². The van der Waals surface area contributed by atoms with E-state index >= 15 is 0 Å². The van der Waals surface area contributed by atoms with Gasteiger partial charge < -0.3 is 15.6 Å². The molecule has 18 heavy (non-hydrogen) atoms. The minimum absolute atomic E-state index is 0.251. The summed E-state index contributed by atoms with van der Waals surface area (Å²) in [6.07, 6.45) is 2.35. The maximum atomic E-state index is 12.9. The van der Waals surface area contributed by atoms with Crippen molar-refractivity contribution in [2.24, 2.45) is 5.73 Å². The Morgan fingerprint density at radius 1 is 1.39 bits per heavy atom. The minimum atomic E-state index is -0.786. The van der Waals surface area contributed by atoms with Gasteiger partial charge in [0.05, 0.1) is 12.2 Å². The second kappa shape index (κ2) is 6.71. The molecule has 0 spiro atoms. The molecule has 3 nitrogen and oxygen atoms in total. The van der Waals surface area contributed by atoms with Crippen LogP contribution in [0.4, 0.5) is 4.39 Å². The van der Waals surface area contributed by atoms with Gasteiger partial charge in [-0.15, -0.1) is 0 Å². The van der Waals surface area contributed by atoms with E-state index in [2.05, 4.69) is 0 Å². The molecule has 3 N–H and O–H groups in total. The van der Waals surface area contributed by atoms with Gasteiger partial charge in [-0.3, -0.25) is 0 Å². The van der Waals surface area contributed by atoms with E-state index in [-0.39, 0.29) is 12.4 Å². The number of ether oxygens (including phenoxy) is 1. The Bertz CT molecular complexity index is 380. The first kappa shape index (κ1) is 14.9. The van der Waals surface area contributed by atoms with Crippen LogP contribution in [-0.4, -0.2) is 23.9 Å². The van der Waals surface area contributed by atoms with Gasteiger partial charge in [-0.05, 0) is 56.9 Å². The molecule has 1 aromatic rings. The van der Waals surface area contributed by atoms with Crippen molar-refractivity contribution in [2.75, 3.05) is 13.2 Å². The standard InChI is InChI=1S/C14H22FNO2/c1-11-9-12(15)5-6-13(11)18-8-4-3-7-14(2,17)10-16/h5-6,9,17H,3-4,7-8,10,16H2,1-2H3. The molecule has 0 aliphatic carbocycles. The Kier molecular flexibility index (Phi) is 5.56. The Morgan fingerprint density at radius 2 is 2.11 bits per heavy atom. The third-order valence-electron chi connectivity index (χ3n) is 2.94. The zero-order chi connectivity index (χ0) is 13.6. The Balaban J connectivity index is 2.26. The summed E-state index contributed by atoms with van der Waals surface area (Å²) in [5.41, 5.74) is 5.44. The fourth-order valence-corrected chi connectivity index (χ4v) is 1.67. The zero-order valence-corrected chi connectivity index (χ0v) is 11.1. The predicted octanol–water partition coefficient (Wildman–Crippen LogP) is 2.39. The maximum Gasteiger partial charge on any atom is 0.123 e. The lowest BCUT2D eigenvalue weighted by Gasteiger charge is -2.20. The lowest BCUT2D eigenvalue weighted by molar-refractivity contribution is 0.0562. The lowest BCUT2D eigenvalue weighted by Crippen LogP contribution is -2.33. The van der Waals surface area contributed by atoms with Gasteiger partial charge in [-0.2, -0.15) is 0 Å². The van der Waals surface area contributed by atoms with Gasteiger partial charge in [0.1, 0.15) is 11.6 Å². The van der Waals surface area contributed by atoms with Crippen LogP contribution in [-0.2, 0) is 0 Å². The third kappa shape index (κ3) is 5.02. The highest BCUT2D eigenvalue weighted by Crippen LogP contribution is 2.19. The van der Waals surface area contributed by atoms with Crippen LogP contribution in [0.2, 0.25) is 0 Å². The molecule has 0 amide bonds. The summed E-state index contributed by atoms with van der Waals surface area (Å²) < 4.78 is 18.4. The minimum Gasteiger partial charge on any atom is -0.493 e. The average Bonchev–Trinajstić information content (AvgIpc) is 2.31. The monoisotopic (exact) mass is 255 g/mol. The normalized spacial score (nSPS) is 14.3. The van der Waals surface area contributed by atoms with Crippen molar-refractivity contribution >= 4 is 0 Å². The zero-order valence-electron chi connectivity index (χ0n) is 11.1. The summed E-state index contributed by atoms with van der Waals surface area (Å²) >= 11 is 0. The van der Waals surface area contributed by atoms with Gasteiger partial charge in [-0.25, -0.2) is 4.39 Å². The molecule has 0 saturated heterocycles. The van der Waals surface area contributed by atoms with Crippen LogP contribution in [0.15, 0.2) is 18.2 Å². The molecule has 0 aliphatic rings. The smallest absolute Gasteiger partial charge is 0.123 e. The number of nitrogens with two attached hydrogens (primary N) is 1. The Labute approximate surface area is 108 Å². The van der Waals surface area contributed by atoms with E-state index < -0.39 is 5.60 Å². The largest absolute Gasteiger partial charge is 0.493 e. The summed E-state index contributed by atoms with van der Waals surface area (Å²) in [4.78, 5) is 0. The highest BCUT2D eigenvalue weighted by Gasteiger charge is 2.16. The van der Waals surface area contributed by atoms with E-state index in [1.807, 2.05) is 6.92 Å². The summed E-state index contributed by atoms with van der Waals surface area (Å²) in [5.74, 6) is 0.459. The molecule has 102 valence electrons. The number of aliphatic hydroxyl groups is 1. The van der Waals surface area contributed by atoms with Crippen molar-refractivity contribution in [2.45, 2.75) is 38.7 Å². The maximum absolute atomic E-state index is 12.9. The predicted molar refractivity (Wildman–Crippen MR) is 70.2 cm³/mol. The molecule has 0 aliphatic heterocycles. The SMILES string of the molecule is Cc1cc(F)ccc1OCCCCC(C)(O)CN. The first-order valence-electron chi connectivity index (χ1n) is 6.26. The van der Waals surface area contributed by atoms with Crippen LogP contribution >= 0.6 is 0 Å². The van der Waals surface area contributed by atoms with E-state index in [0.717, 1.165) is 18.4 Å². The summed E-state index contributed by atoms with van der Waals surface area (Å²) in [6.45, 7) is 4.38. The van der Waals surface area contributed by atoms with Gasteiger partial charge in [0.25, 0.3) is 0 Å². The van der Waals surface area contributed by atoms with Crippen LogP contribution in [0.3, 0.4) is 0 Å². The number of aryl methyl sites for hydroxylation is 1. The highest BCUT2D eigenvalue weighted by atomic mass is 19.1. The summed E-state index contributed by atoms with van der Waals surface area (Å²) in [6, 6.07) is 4.48. The van der Waals surface area contributed by atoms with Crippen molar-refractivity contribution in [3.8, 4) is 5.75 Å². The molecule has 0 heterocycles. The van der Waals surface area contributed by atoms with Gasteiger partial charge >= 0.3 is 0 Å². The molecule has 0 saturated carbocycles. The molecule has 0 fully saturated rings. The third-order valence-corrected chi connectivity index (χ3v) is 2.94. The summed E-state index contributed by atoms with van der Waals surface area (Å²) in [7, 11) is 0. The molecule has 0 aromatic heterocycles. The van der Waals surface area contributed by atoms with Crippen molar-refractivity contribution in [1.29, 1.82) is 0 Å². The fraction of sp³-hybridized carbons (Fsp3) is 0.571. The summed E-state index contributed by atoms with van der Waals surface area (Å²) in [5, 5.41) is 9.71. The lowest BCUT2D eigenvalue weighted by atomic mass is 10.00. The number of hydrogen-bond donors (Lipinski definition) is 2. The van der Waals surface area contributed by atoms with Crippen molar-refractivity contribution in [3.05, 3.63) is 29.6 Å². The van der Waals surface area contributed by atoms with Crippen LogP contribution < -0.4 is 10.5 Å². The molecule has 0 radical (unpaired) electrons. The molecule has 1 unspecified atom stereocenters. The molecule has 0 bridgehead atoms. The molecule has 4 heteroatoms. The van der Waals surface area contributed by atoms with E-state index in [0.29, 0.717) is 18.8 Å². The highest BCUT2D eigenvalue weighted by molar-refractivity contribution is 5.32. The first-order valence-corrected chi connectivity index (χ1v) is 6.26. The van der Waals surface area contributed by atoms with Crippen molar-refractivity contribution in [1.82, 2.24) is 0 Å². The van der Waals surface area contributed by atoms with Gasteiger partial charge in [0.2, 0.25) is 0 Å². The number of unbranched alkanes of at least 4 members (excludes halogenated alkanes) is 1. The van der Waals surface area contributed by atoms with Crippen molar-refractivity contribution in [3.63, 3.8) is 0 Å². The second-order valence-electron chi connectivity index (χ2n) is 4.92. The number of halogens is 1. The van der Waals surface area contributed by atoms with Crippen LogP contribution in [0, 0.1) is 12.7 Å². The van der Waals surface area contributed by atoms with Gasteiger partial charge in [-0.1, -0.05) is 0 Å². The van der Waals surface area contributed by atoms with Crippen LogP contribution in [0.25, 0.3) is 0 Å². The number of hydrogen-bond acceptors (Lipinski definition) is 3. The number of benzene rings is 1. The fourth-order valence-electron chi connectivity index (χ4n) is 1.67. The average molecular weight is 255 g/mol. The van der Waals surface area contributed by atoms with Crippen molar-refractivity contribution < 1.29 is 14.2 Å². The van der Waals surface area contributed by atoms with Gasteiger partial charge in [0, 0.05) is 6.54 Å². The molecule has 1 atom stereocenters. The topological polar surface area (TPSA) is 55.5 Å². The van der Waals surface area contributed by atoms with E-state index in [1.54, 1.807) is 13.0 Å².